The minimum absolute atomic E-state index is 0.0624. The van der Waals surface area contributed by atoms with Crippen molar-refractivity contribution < 1.29 is 22.6 Å². The summed E-state index contributed by atoms with van der Waals surface area (Å²) in [5.41, 5.74) is 12.2. The van der Waals surface area contributed by atoms with Crippen LogP contribution < -0.4 is 10.6 Å². The normalized spacial score (nSPS) is 12.3. The van der Waals surface area contributed by atoms with Crippen molar-refractivity contribution in [3.05, 3.63) is 148 Å². The first-order valence-electron chi connectivity index (χ1n) is 17.1. The van der Waals surface area contributed by atoms with E-state index < -0.39 is 27.7 Å². The summed E-state index contributed by atoms with van der Waals surface area (Å²) in [6.07, 6.45) is 0.385. The van der Waals surface area contributed by atoms with Crippen LogP contribution in [0, 0.1) is 20.8 Å². The molecule has 0 unspecified atom stereocenters. The lowest BCUT2D eigenvalue weighted by Crippen LogP contribution is -2.28. The molecule has 0 aliphatic carbocycles. The van der Waals surface area contributed by atoms with Gasteiger partial charge in [-0.1, -0.05) is 111 Å². The molecule has 0 aromatic heterocycles. The highest BCUT2D eigenvalue weighted by atomic mass is 32.2. The van der Waals surface area contributed by atoms with Crippen LogP contribution in [0.4, 0.5) is 5.69 Å². The first-order valence-corrected chi connectivity index (χ1v) is 18.7. The second-order valence-electron chi connectivity index (χ2n) is 14.3. The number of hydrogen-bond acceptors (Lipinski definition) is 4. The van der Waals surface area contributed by atoms with Crippen LogP contribution in [-0.4, -0.2) is 37.1 Å². The lowest BCUT2D eigenvalue weighted by atomic mass is 9.86. The molecule has 3 N–H and O–H groups in total. The van der Waals surface area contributed by atoms with Gasteiger partial charge in [0, 0.05) is 17.8 Å². The molecule has 5 aromatic rings. The maximum absolute atomic E-state index is 14.0. The molecule has 51 heavy (non-hydrogen) atoms. The molecule has 2 amide bonds. The zero-order valence-corrected chi connectivity index (χ0v) is 30.9. The summed E-state index contributed by atoms with van der Waals surface area (Å²) >= 11 is 0. The molecule has 0 saturated heterocycles. The lowest BCUT2D eigenvalue weighted by molar-refractivity contribution is -0.117. The van der Waals surface area contributed by atoms with Gasteiger partial charge in [-0.15, -0.1) is 0 Å². The van der Waals surface area contributed by atoms with Crippen LogP contribution >= 0.6 is 0 Å². The van der Waals surface area contributed by atoms with Crippen LogP contribution in [0.1, 0.15) is 70.4 Å². The Labute approximate surface area is 301 Å². The third kappa shape index (κ3) is 9.81. The number of anilines is 1. The number of rotatable bonds is 11. The molecular formula is C43H46N2O5S. The molecule has 0 aliphatic heterocycles. The van der Waals surface area contributed by atoms with Crippen molar-refractivity contribution in [3.8, 4) is 22.3 Å². The molecule has 1 atom stereocenters. The summed E-state index contributed by atoms with van der Waals surface area (Å²) in [5, 5.41) is 5.63. The fourth-order valence-electron chi connectivity index (χ4n) is 6.44. The van der Waals surface area contributed by atoms with E-state index >= 15 is 0 Å². The Balaban J connectivity index is 1.38. The van der Waals surface area contributed by atoms with Gasteiger partial charge in [0.15, 0.2) is 0 Å². The van der Waals surface area contributed by atoms with E-state index in [-0.39, 0.29) is 17.9 Å². The highest BCUT2D eigenvalue weighted by molar-refractivity contribution is 7.85. The third-order valence-corrected chi connectivity index (χ3v) is 9.85. The number of hydrogen-bond donors (Lipinski definition) is 3. The zero-order valence-electron chi connectivity index (χ0n) is 30.1. The molecule has 264 valence electrons. The highest BCUT2D eigenvalue weighted by Gasteiger charge is 2.23. The summed E-state index contributed by atoms with van der Waals surface area (Å²) in [6, 6.07) is 35.8. The Hall–Kier alpha value is -5.05. The molecule has 5 aromatic carbocycles. The van der Waals surface area contributed by atoms with E-state index in [0.717, 1.165) is 27.8 Å². The van der Waals surface area contributed by atoms with Gasteiger partial charge in [-0.2, -0.15) is 8.42 Å². The van der Waals surface area contributed by atoms with Gasteiger partial charge in [0.25, 0.3) is 16.0 Å². The summed E-state index contributed by atoms with van der Waals surface area (Å²) in [4.78, 5) is 26.6. The van der Waals surface area contributed by atoms with Gasteiger partial charge >= 0.3 is 0 Å². The topological polar surface area (TPSA) is 113 Å². The molecule has 5 rings (SSSR count). The van der Waals surface area contributed by atoms with Gasteiger partial charge in [-0.25, -0.2) is 0 Å². The first-order chi connectivity index (χ1) is 24.1. The van der Waals surface area contributed by atoms with Gasteiger partial charge in [0.1, 0.15) is 0 Å². The molecule has 0 fully saturated rings. The Morgan fingerprint density at radius 1 is 0.725 bits per heavy atom. The van der Waals surface area contributed by atoms with Crippen molar-refractivity contribution in [2.75, 3.05) is 17.6 Å². The van der Waals surface area contributed by atoms with Crippen LogP contribution in [0.25, 0.3) is 22.3 Å². The minimum atomic E-state index is -4.18. The van der Waals surface area contributed by atoms with Crippen molar-refractivity contribution in [1.29, 1.82) is 0 Å². The summed E-state index contributed by atoms with van der Waals surface area (Å²) in [7, 11) is -4.18. The Morgan fingerprint density at radius 3 is 1.78 bits per heavy atom. The van der Waals surface area contributed by atoms with Gasteiger partial charge in [-0.05, 0) is 107 Å². The molecular weight excluding hydrogens is 657 g/mol. The van der Waals surface area contributed by atoms with Gasteiger partial charge in [-0.3, -0.25) is 14.1 Å². The predicted octanol–water partition coefficient (Wildman–Crippen LogP) is 8.83. The molecule has 0 heterocycles. The lowest BCUT2D eigenvalue weighted by Gasteiger charge is -2.20. The van der Waals surface area contributed by atoms with Gasteiger partial charge < -0.3 is 10.6 Å². The average Bonchev–Trinajstić information content (AvgIpc) is 3.07. The molecule has 8 heteroatoms. The molecule has 0 bridgehead atoms. The Morgan fingerprint density at radius 2 is 1.25 bits per heavy atom. The molecule has 0 radical (unpaired) electrons. The Bertz CT molecular complexity index is 2090. The standard InChI is InChI=1S/C43H46N2O5S/c1-28-25-29(2)40(30(3)26-28)35-17-21-38(22-18-35)45-42(47)39(27-31-7-9-36(10-8-31)41(46)44-23-24-51(48,49)50)34-13-11-32(12-14-34)33-15-19-37(20-16-33)43(4,5)6/h7-22,25-26,39H,23-24,27H2,1-6H3,(H,44,46)(H,45,47)(H,48,49,50)/t39-/m1/s1. The number of carbonyl (C=O) groups is 2. The number of nitrogens with one attached hydrogen (secondary N) is 2. The van der Waals surface area contributed by atoms with Crippen molar-refractivity contribution in [2.45, 2.75) is 59.3 Å². The van der Waals surface area contributed by atoms with E-state index in [0.29, 0.717) is 17.7 Å². The second kappa shape index (κ2) is 15.5. The van der Waals surface area contributed by atoms with Crippen molar-refractivity contribution in [2.24, 2.45) is 0 Å². The van der Waals surface area contributed by atoms with E-state index in [1.807, 2.05) is 48.5 Å². The first kappa shape index (κ1) is 37.2. The van der Waals surface area contributed by atoms with Crippen LogP contribution in [0.15, 0.2) is 109 Å². The largest absolute Gasteiger partial charge is 0.351 e. The SMILES string of the molecule is Cc1cc(C)c(-c2ccc(NC(=O)[C@H](Cc3ccc(C(=O)NCCS(=O)(=O)O)cc3)c3ccc(-c4ccc(C(C)(C)C)cc4)cc3)cc2)c(C)c1. The van der Waals surface area contributed by atoms with E-state index in [1.165, 1.54) is 27.8 Å². The van der Waals surface area contributed by atoms with Gasteiger partial charge in [0.05, 0.1) is 11.7 Å². The second-order valence-corrected chi connectivity index (χ2v) is 15.9. The van der Waals surface area contributed by atoms with Gasteiger partial charge in [0.2, 0.25) is 5.91 Å². The number of carbonyl (C=O) groups excluding carboxylic acids is 2. The maximum Gasteiger partial charge on any atom is 0.266 e. The molecule has 0 aliphatic rings. The predicted molar refractivity (Wildman–Crippen MR) is 207 cm³/mol. The Kier molecular flexibility index (Phi) is 11.3. The fourth-order valence-corrected chi connectivity index (χ4v) is 6.80. The third-order valence-electron chi connectivity index (χ3n) is 9.13. The number of aryl methyl sites for hydroxylation is 3. The van der Waals surface area contributed by atoms with E-state index in [2.05, 4.69) is 88.6 Å². The monoisotopic (exact) mass is 702 g/mol. The van der Waals surface area contributed by atoms with Crippen LogP contribution in [0.5, 0.6) is 0 Å². The van der Waals surface area contributed by atoms with Crippen LogP contribution in [0.2, 0.25) is 0 Å². The summed E-state index contributed by atoms with van der Waals surface area (Å²) < 4.78 is 30.9. The summed E-state index contributed by atoms with van der Waals surface area (Å²) in [6.45, 7) is 12.7. The van der Waals surface area contributed by atoms with Crippen LogP contribution in [0.3, 0.4) is 0 Å². The number of benzene rings is 5. The quantitative estimate of drug-likeness (QED) is 0.119. The molecule has 0 saturated carbocycles. The zero-order chi connectivity index (χ0) is 36.9. The smallest absolute Gasteiger partial charge is 0.266 e. The molecule has 0 spiro atoms. The van der Waals surface area contributed by atoms with E-state index in [1.54, 1.807) is 24.3 Å². The van der Waals surface area contributed by atoms with E-state index in [9.17, 15) is 18.0 Å². The molecule has 7 nitrogen and oxygen atoms in total. The van der Waals surface area contributed by atoms with Crippen LogP contribution in [-0.2, 0) is 26.7 Å². The van der Waals surface area contributed by atoms with Crippen molar-refractivity contribution in [3.63, 3.8) is 0 Å². The highest BCUT2D eigenvalue weighted by Crippen LogP contribution is 2.31. The van der Waals surface area contributed by atoms with Crippen molar-refractivity contribution >= 4 is 27.6 Å². The minimum Gasteiger partial charge on any atom is -0.351 e. The number of amides is 2. The maximum atomic E-state index is 14.0. The summed E-state index contributed by atoms with van der Waals surface area (Å²) in [5.74, 6) is -1.70. The fraction of sp³-hybridized carbons (Fsp3) is 0.256. The van der Waals surface area contributed by atoms with E-state index in [4.69, 9.17) is 4.55 Å². The van der Waals surface area contributed by atoms with Crippen molar-refractivity contribution in [1.82, 2.24) is 5.32 Å². The average molecular weight is 703 g/mol.